The Kier molecular flexibility index (Phi) is 6.17. The van der Waals surface area contributed by atoms with E-state index in [4.69, 9.17) is 21.9 Å². The summed E-state index contributed by atoms with van der Waals surface area (Å²) >= 11 is 5.94. The van der Waals surface area contributed by atoms with Crippen LogP contribution in [0.3, 0.4) is 0 Å². The highest BCUT2D eigenvalue weighted by Crippen LogP contribution is 2.42. The fraction of sp³-hybridized carbons (Fsp3) is 0.241. The molecule has 2 aromatic heterocycles. The molecule has 7 heteroatoms. The Bertz CT molecular complexity index is 1350. The quantitative estimate of drug-likeness (QED) is 0.384. The molecule has 0 saturated carbocycles. The second-order valence-corrected chi connectivity index (χ2v) is 9.64. The van der Waals surface area contributed by atoms with E-state index in [2.05, 4.69) is 99.5 Å². The lowest BCUT2D eigenvalue weighted by molar-refractivity contribution is 0.122. The van der Waals surface area contributed by atoms with Crippen molar-refractivity contribution in [3.05, 3.63) is 108 Å². The number of morpholine rings is 1. The van der Waals surface area contributed by atoms with E-state index in [9.17, 15) is 0 Å². The van der Waals surface area contributed by atoms with Gasteiger partial charge in [-0.2, -0.15) is 0 Å². The van der Waals surface area contributed by atoms with Crippen LogP contribution in [-0.2, 0) is 4.74 Å². The van der Waals surface area contributed by atoms with E-state index in [1.165, 1.54) is 11.3 Å². The fourth-order valence-electron chi connectivity index (χ4n) is 5.23. The summed E-state index contributed by atoms with van der Waals surface area (Å²) in [5.74, 6) is 0. The van der Waals surface area contributed by atoms with Crippen LogP contribution in [0.1, 0.15) is 29.0 Å². The molecule has 182 valence electrons. The highest BCUT2D eigenvalue weighted by molar-refractivity contribution is 7.80. The molecule has 2 saturated heterocycles. The third-order valence-electron chi connectivity index (χ3n) is 6.97. The number of ether oxygens (including phenoxy) is 1. The molecule has 0 aliphatic carbocycles. The first-order valence-electron chi connectivity index (χ1n) is 12.4. The Morgan fingerprint density at radius 1 is 0.889 bits per heavy atom. The third-order valence-corrected chi connectivity index (χ3v) is 7.28. The molecule has 6 nitrogen and oxygen atoms in total. The van der Waals surface area contributed by atoms with Crippen LogP contribution in [0.2, 0.25) is 0 Å². The Morgan fingerprint density at radius 3 is 2.44 bits per heavy atom. The van der Waals surface area contributed by atoms with Crippen molar-refractivity contribution in [2.75, 3.05) is 36.1 Å². The minimum absolute atomic E-state index is 0.0721. The first-order chi connectivity index (χ1) is 17.7. The smallest absolute Gasteiger partial charge is 0.174 e. The lowest BCUT2D eigenvalue weighted by atomic mass is 10.0. The van der Waals surface area contributed by atoms with Crippen LogP contribution in [0.25, 0.3) is 5.69 Å². The lowest BCUT2D eigenvalue weighted by Crippen LogP contribution is -2.36. The summed E-state index contributed by atoms with van der Waals surface area (Å²) in [7, 11) is 0. The van der Waals surface area contributed by atoms with E-state index < -0.39 is 0 Å². The monoisotopic (exact) mass is 495 g/mol. The third kappa shape index (κ3) is 4.25. The van der Waals surface area contributed by atoms with Gasteiger partial charge in [-0.3, -0.25) is 4.98 Å². The molecule has 4 heterocycles. The summed E-state index contributed by atoms with van der Waals surface area (Å²) in [6, 6.07) is 27.5. The highest BCUT2D eigenvalue weighted by atomic mass is 32.1. The van der Waals surface area contributed by atoms with E-state index >= 15 is 0 Å². The molecular weight excluding hydrogens is 466 g/mol. The zero-order valence-corrected chi connectivity index (χ0v) is 21.1. The van der Waals surface area contributed by atoms with Gasteiger partial charge in [0.25, 0.3) is 0 Å². The molecule has 2 aliphatic heterocycles. The van der Waals surface area contributed by atoms with E-state index in [1.54, 1.807) is 0 Å². The van der Waals surface area contributed by atoms with Gasteiger partial charge < -0.3 is 24.4 Å². The van der Waals surface area contributed by atoms with Crippen LogP contribution >= 0.6 is 12.2 Å². The van der Waals surface area contributed by atoms with Gasteiger partial charge in [0.15, 0.2) is 5.11 Å². The summed E-state index contributed by atoms with van der Waals surface area (Å²) in [4.78, 5) is 9.30. The summed E-state index contributed by atoms with van der Waals surface area (Å²) in [6.07, 6.45) is 3.97. The summed E-state index contributed by atoms with van der Waals surface area (Å²) in [5.41, 5.74) is 6.75. The van der Waals surface area contributed by atoms with Gasteiger partial charge in [-0.05, 0) is 85.4 Å². The Balaban J connectivity index is 1.42. The van der Waals surface area contributed by atoms with Gasteiger partial charge in [0, 0.05) is 48.2 Å². The second-order valence-electron chi connectivity index (χ2n) is 9.25. The van der Waals surface area contributed by atoms with E-state index in [0.29, 0.717) is 5.11 Å². The van der Waals surface area contributed by atoms with Gasteiger partial charge in [0.05, 0.1) is 24.9 Å². The van der Waals surface area contributed by atoms with Gasteiger partial charge >= 0.3 is 0 Å². The zero-order valence-electron chi connectivity index (χ0n) is 20.2. The summed E-state index contributed by atoms with van der Waals surface area (Å²) < 4.78 is 7.78. The Hall–Kier alpha value is -3.68. The van der Waals surface area contributed by atoms with Crippen molar-refractivity contribution in [3.63, 3.8) is 0 Å². The molecule has 1 N–H and O–H groups in total. The van der Waals surface area contributed by atoms with E-state index in [0.717, 1.165) is 49.1 Å². The van der Waals surface area contributed by atoms with E-state index in [-0.39, 0.29) is 12.1 Å². The molecule has 36 heavy (non-hydrogen) atoms. The van der Waals surface area contributed by atoms with Gasteiger partial charge in [-0.1, -0.05) is 18.2 Å². The molecule has 6 rings (SSSR count). The molecule has 0 radical (unpaired) electrons. The molecule has 2 fully saturated rings. The number of hydrogen-bond donors (Lipinski definition) is 1. The number of nitrogens with one attached hydrogen (secondary N) is 1. The predicted octanol–water partition coefficient (Wildman–Crippen LogP) is 5.19. The molecule has 0 unspecified atom stereocenters. The zero-order chi connectivity index (χ0) is 24.5. The minimum atomic E-state index is -0.0870. The maximum Gasteiger partial charge on any atom is 0.174 e. The molecular formula is C29H29N5OS. The maximum atomic E-state index is 5.94. The van der Waals surface area contributed by atoms with Crippen molar-refractivity contribution in [1.82, 2.24) is 14.9 Å². The molecule has 0 spiro atoms. The van der Waals surface area contributed by atoms with Crippen LogP contribution in [0, 0.1) is 6.92 Å². The predicted molar refractivity (Wildman–Crippen MR) is 148 cm³/mol. The molecule has 0 amide bonds. The van der Waals surface area contributed by atoms with Crippen LogP contribution < -0.4 is 15.1 Å². The number of pyridine rings is 1. The molecule has 2 atom stereocenters. The van der Waals surface area contributed by atoms with Crippen LogP contribution in [-0.4, -0.2) is 41.0 Å². The summed E-state index contributed by atoms with van der Waals surface area (Å²) in [6.45, 7) is 5.49. The second kappa shape index (κ2) is 9.76. The first kappa shape index (κ1) is 22.8. The van der Waals surface area contributed by atoms with Crippen molar-refractivity contribution < 1.29 is 4.74 Å². The number of aromatic nitrogens is 2. The van der Waals surface area contributed by atoms with Gasteiger partial charge in [-0.25, -0.2) is 0 Å². The number of nitrogens with zero attached hydrogens (tertiary/aromatic N) is 4. The highest BCUT2D eigenvalue weighted by Gasteiger charge is 2.42. The van der Waals surface area contributed by atoms with Gasteiger partial charge in [0.1, 0.15) is 6.04 Å². The summed E-state index contributed by atoms with van der Waals surface area (Å²) in [5, 5.41) is 4.28. The fourth-order valence-corrected chi connectivity index (χ4v) is 5.57. The van der Waals surface area contributed by atoms with Gasteiger partial charge in [0.2, 0.25) is 0 Å². The molecule has 0 bridgehead atoms. The van der Waals surface area contributed by atoms with Crippen molar-refractivity contribution in [3.8, 4) is 5.69 Å². The molecule has 2 aromatic carbocycles. The Morgan fingerprint density at radius 2 is 1.69 bits per heavy atom. The average Bonchev–Trinajstić information content (AvgIpc) is 3.54. The van der Waals surface area contributed by atoms with Crippen molar-refractivity contribution in [2.45, 2.75) is 19.0 Å². The topological polar surface area (TPSA) is 45.6 Å². The molecule has 4 aromatic rings. The molecule has 2 aliphatic rings. The van der Waals surface area contributed by atoms with E-state index in [1.807, 2.05) is 18.3 Å². The minimum Gasteiger partial charge on any atom is -0.378 e. The number of benzene rings is 2. The van der Waals surface area contributed by atoms with Gasteiger partial charge in [-0.15, -0.1) is 0 Å². The number of aryl methyl sites for hydroxylation is 1. The van der Waals surface area contributed by atoms with Crippen molar-refractivity contribution in [2.24, 2.45) is 0 Å². The van der Waals surface area contributed by atoms with Crippen LogP contribution in [0.15, 0.2) is 91.3 Å². The number of anilines is 2. The normalized spacial score (nSPS) is 20.0. The van der Waals surface area contributed by atoms with Crippen molar-refractivity contribution >= 4 is 28.7 Å². The van der Waals surface area contributed by atoms with Crippen LogP contribution in [0.5, 0.6) is 0 Å². The average molecular weight is 496 g/mol. The number of rotatable bonds is 5. The largest absolute Gasteiger partial charge is 0.378 e. The number of hydrogen-bond acceptors (Lipinski definition) is 4. The van der Waals surface area contributed by atoms with Crippen LogP contribution in [0.4, 0.5) is 11.4 Å². The Labute approximate surface area is 217 Å². The number of thiocarbonyl (C=S) groups is 1. The maximum absolute atomic E-state index is 5.94. The lowest BCUT2D eigenvalue weighted by Gasteiger charge is -2.31. The van der Waals surface area contributed by atoms with Crippen molar-refractivity contribution in [1.29, 1.82) is 0 Å². The SMILES string of the molecule is Cc1cccc(-n2cccc2[C@@H]2[C@@H](c3ccccn3)NC(=S)N2c2ccc(N3CCOCC3)cc2)c1. The first-order valence-corrected chi connectivity index (χ1v) is 12.8. The standard InChI is InChI=1S/C29H29N5OS/c1-21-6-4-7-24(20-21)33-15-5-9-26(33)28-27(25-8-2-3-14-30-25)31-29(36)34(28)23-12-10-22(11-13-23)32-16-18-35-19-17-32/h2-15,20,27-28H,16-19H2,1H3,(H,31,36)/t27-,28-/m1/s1.